The van der Waals surface area contributed by atoms with E-state index in [0.29, 0.717) is 5.52 Å². The largest absolute Gasteiger partial charge is 0.319 e. The summed E-state index contributed by atoms with van der Waals surface area (Å²) >= 11 is 0. The number of H-pyrrole nitrogens is 1. The van der Waals surface area contributed by atoms with Gasteiger partial charge in [-0.25, -0.2) is 0 Å². The Morgan fingerprint density at radius 1 is 0.900 bits per heavy atom. The molecule has 0 aliphatic rings. The molecule has 0 atom stereocenters. The first-order valence-corrected chi connectivity index (χ1v) is 6.38. The van der Waals surface area contributed by atoms with Crippen LogP contribution >= 0.6 is 0 Å². The van der Waals surface area contributed by atoms with E-state index in [2.05, 4.69) is 4.98 Å². The summed E-state index contributed by atoms with van der Waals surface area (Å²) in [5, 5.41) is 0.862. The number of aromatic nitrogens is 1. The Balaban J connectivity index is 2.52. The summed E-state index contributed by atoms with van der Waals surface area (Å²) in [5.41, 5.74) is 2.27. The van der Waals surface area contributed by atoms with Crippen LogP contribution in [0.2, 0.25) is 0 Å². The molecule has 0 fully saturated rings. The molecule has 1 aromatic heterocycles. The van der Waals surface area contributed by atoms with Gasteiger partial charge in [-0.15, -0.1) is 0 Å². The zero-order chi connectivity index (χ0) is 14.1. The number of rotatable bonds is 1. The summed E-state index contributed by atoms with van der Waals surface area (Å²) in [6.07, 6.45) is 0. The van der Waals surface area contributed by atoms with Gasteiger partial charge in [0.1, 0.15) is 0 Å². The summed E-state index contributed by atoms with van der Waals surface area (Å²) in [7, 11) is 0. The maximum absolute atomic E-state index is 11.9. The third kappa shape index (κ3) is 2.14. The molecule has 1 heterocycles. The minimum atomic E-state index is -0.595. The van der Waals surface area contributed by atoms with E-state index >= 15 is 0 Å². The van der Waals surface area contributed by atoms with Gasteiger partial charge < -0.3 is 4.98 Å². The lowest BCUT2D eigenvalue weighted by Gasteiger charge is -2.03. The van der Waals surface area contributed by atoms with Gasteiger partial charge in [0.05, 0.1) is 0 Å². The number of benzene rings is 2. The van der Waals surface area contributed by atoms with E-state index in [1.165, 1.54) is 6.07 Å². The van der Waals surface area contributed by atoms with Gasteiger partial charge in [0, 0.05) is 10.9 Å². The predicted octanol–water partition coefficient (Wildman–Crippen LogP) is 2.86. The van der Waals surface area contributed by atoms with Crippen molar-refractivity contribution >= 4 is 10.9 Å². The second kappa shape index (κ2) is 4.78. The molecule has 0 saturated carbocycles. The molecule has 1 N–H and O–H groups in total. The first-order valence-electron chi connectivity index (χ1n) is 6.38. The molecule has 3 nitrogen and oxygen atoms in total. The minimum absolute atomic E-state index is 0.530. The highest BCUT2D eigenvalue weighted by Gasteiger charge is 2.06. The zero-order valence-electron chi connectivity index (χ0n) is 11.0. The molecule has 2 aromatic carbocycles. The molecule has 3 heteroatoms. The molecule has 0 radical (unpaired) electrons. The molecule has 3 rings (SSSR count). The minimum Gasteiger partial charge on any atom is -0.319 e. The highest BCUT2D eigenvalue weighted by atomic mass is 16.2. The first kappa shape index (κ1) is 12.4. The van der Waals surface area contributed by atoms with Crippen molar-refractivity contribution in [3.05, 3.63) is 80.7 Å². The van der Waals surface area contributed by atoms with Crippen molar-refractivity contribution in [3.8, 4) is 11.1 Å². The number of fused-ring (bicyclic) bond motifs is 1. The Morgan fingerprint density at radius 3 is 2.40 bits per heavy atom. The van der Waals surface area contributed by atoms with Crippen LogP contribution in [0.4, 0.5) is 0 Å². The molecule has 0 saturated heterocycles. The number of aryl methyl sites for hydroxylation is 1. The summed E-state index contributed by atoms with van der Waals surface area (Å²) < 4.78 is 0. The summed E-state index contributed by atoms with van der Waals surface area (Å²) in [4.78, 5) is 26.3. The van der Waals surface area contributed by atoms with Crippen LogP contribution in [-0.4, -0.2) is 4.98 Å². The van der Waals surface area contributed by atoms with E-state index < -0.39 is 11.0 Å². The van der Waals surface area contributed by atoms with Crippen LogP contribution in [0.15, 0.2) is 64.2 Å². The molecule has 20 heavy (non-hydrogen) atoms. The number of hydrogen-bond acceptors (Lipinski definition) is 2. The lowest BCUT2D eigenvalue weighted by molar-refractivity contribution is 1.28. The van der Waals surface area contributed by atoms with Crippen molar-refractivity contribution in [2.24, 2.45) is 0 Å². The van der Waals surface area contributed by atoms with Gasteiger partial charge in [-0.05, 0) is 35.7 Å². The number of hydrogen-bond donors (Lipinski definition) is 1. The van der Waals surface area contributed by atoms with E-state index in [4.69, 9.17) is 0 Å². The van der Waals surface area contributed by atoms with Crippen LogP contribution in [0, 0.1) is 6.92 Å². The van der Waals surface area contributed by atoms with Gasteiger partial charge in [0.25, 0.3) is 5.56 Å². The quantitative estimate of drug-likeness (QED) is 0.686. The Hall–Kier alpha value is -2.68. The van der Waals surface area contributed by atoms with Gasteiger partial charge >= 0.3 is 0 Å². The van der Waals surface area contributed by atoms with Crippen LogP contribution in [0.25, 0.3) is 22.0 Å². The Bertz CT molecular complexity index is 896. The normalized spacial score (nSPS) is 10.7. The SMILES string of the molecule is Cc1ccc2c(-c3ccccc3)cc(=O)c(=O)[nH]c2c1. The maximum atomic E-state index is 11.9. The van der Waals surface area contributed by atoms with Crippen molar-refractivity contribution in [1.82, 2.24) is 4.98 Å². The summed E-state index contributed by atoms with van der Waals surface area (Å²) in [5.74, 6) is 0. The van der Waals surface area contributed by atoms with E-state index in [-0.39, 0.29) is 0 Å². The van der Waals surface area contributed by atoms with Gasteiger partial charge in [-0.2, -0.15) is 0 Å². The van der Waals surface area contributed by atoms with Crippen LogP contribution in [0.5, 0.6) is 0 Å². The molecule has 0 aliphatic carbocycles. The van der Waals surface area contributed by atoms with Crippen LogP contribution in [-0.2, 0) is 0 Å². The molecule has 0 bridgehead atoms. The van der Waals surface area contributed by atoms with Crippen molar-refractivity contribution in [1.29, 1.82) is 0 Å². The average Bonchev–Trinajstić information content (AvgIpc) is 2.57. The standard InChI is InChI=1S/C17H13NO2/c1-11-7-8-13-14(12-5-3-2-4-6-12)10-16(19)17(20)18-15(13)9-11/h2-10H,1H3,(H,18,19,20). The molecule has 0 amide bonds. The fourth-order valence-electron chi connectivity index (χ4n) is 2.31. The van der Waals surface area contributed by atoms with Crippen molar-refractivity contribution in [2.45, 2.75) is 6.92 Å². The molecule has 3 aromatic rings. The van der Waals surface area contributed by atoms with E-state index in [1.807, 2.05) is 55.5 Å². The smallest absolute Gasteiger partial charge is 0.296 e. The topological polar surface area (TPSA) is 49.9 Å². The Labute approximate surface area is 115 Å². The first-order chi connectivity index (χ1) is 9.65. The van der Waals surface area contributed by atoms with Crippen LogP contribution < -0.4 is 11.0 Å². The molecular weight excluding hydrogens is 250 g/mol. The molecule has 0 unspecified atom stereocenters. The number of aromatic amines is 1. The van der Waals surface area contributed by atoms with E-state index in [1.54, 1.807) is 0 Å². The van der Waals surface area contributed by atoms with Gasteiger partial charge in [-0.3, -0.25) is 9.59 Å². The lowest BCUT2D eigenvalue weighted by Crippen LogP contribution is -2.22. The summed E-state index contributed by atoms with van der Waals surface area (Å²) in [6, 6.07) is 16.8. The number of nitrogens with one attached hydrogen (secondary N) is 1. The second-order valence-corrected chi connectivity index (χ2v) is 4.79. The third-order valence-electron chi connectivity index (χ3n) is 3.30. The summed E-state index contributed by atoms with van der Waals surface area (Å²) in [6.45, 7) is 1.95. The van der Waals surface area contributed by atoms with Crippen LogP contribution in [0.1, 0.15) is 5.56 Å². The fraction of sp³-hybridized carbons (Fsp3) is 0.0588. The maximum Gasteiger partial charge on any atom is 0.296 e. The van der Waals surface area contributed by atoms with Crippen molar-refractivity contribution in [3.63, 3.8) is 0 Å². The highest BCUT2D eigenvalue weighted by molar-refractivity contribution is 5.93. The molecule has 98 valence electrons. The van der Waals surface area contributed by atoms with E-state index in [0.717, 1.165) is 22.1 Å². The lowest BCUT2D eigenvalue weighted by atomic mass is 10.0. The second-order valence-electron chi connectivity index (χ2n) is 4.79. The molecule has 0 spiro atoms. The zero-order valence-corrected chi connectivity index (χ0v) is 11.0. The third-order valence-corrected chi connectivity index (χ3v) is 3.30. The van der Waals surface area contributed by atoms with E-state index in [9.17, 15) is 9.59 Å². The van der Waals surface area contributed by atoms with Gasteiger partial charge in [0.15, 0.2) is 0 Å². The monoisotopic (exact) mass is 263 g/mol. The fourth-order valence-corrected chi connectivity index (χ4v) is 2.31. The molecule has 0 aliphatic heterocycles. The average molecular weight is 263 g/mol. The Kier molecular flexibility index (Phi) is 2.95. The predicted molar refractivity (Wildman–Crippen MR) is 81.0 cm³/mol. The highest BCUT2D eigenvalue weighted by Crippen LogP contribution is 2.25. The van der Waals surface area contributed by atoms with Gasteiger partial charge in [0.2, 0.25) is 5.43 Å². The van der Waals surface area contributed by atoms with Crippen LogP contribution in [0.3, 0.4) is 0 Å². The van der Waals surface area contributed by atoms with Crippen molar-refractivity contribution in [2.75, 3.05) is 0 Å². The molecular formula is C17H13NO2. The van der Waals surface area contributed by atoms with Crippen molar-refractivity contribution < 1.29 is 0 Å². The van der Waals surface area contributed by atoms with Gasteiger partial charge in [-0.1, -0.05) is 42.5 Å². The Morgan fingerprint density at radius 2 is 1.65 bits per heavy atom.